The van der Waals surface area contributed by atoms with Crippen LogP contribution in [0.25, 0.3) is 0 Å². The van der Waals surface area contributed by atoms with Gasteiger partial charge >= 0.3 is 0 Å². The van der Waals surface area contributed by atoms with E-state index in [0.717, 1.165) is 27.4 Å². The van der Waals surface area contributed by atoms with Crippen molar-refractivity contribution < 1.29 is 18.0 Å². The molecule has 0 saturated carbocycles. The first-order chi connectivity index (χ1) is 18.0. The number of rotatable bonds is 11. The van der Waals surface area contributed by atoms with Crippen LogP contribution >= 0.6 is 0 Å². The molecule has 202 valence electrons. The van der Waals surface area contributed by atoms with Crippen LogP contribution in [-0.4, -0.2) is 43.8 Å². The average molecular weight is 536 g/mol. The van der Waals surface area contributed by atoms with Gasteiger partial charge < -0.3 is 10.2 Å². The first-order valence-electron chi connectivity index (χ1n) is 12.8. The lowest BCUT2D eigenvalue weighted by Gasteiger charge is -2.32. The van der Waals surface area contributed by atoms with E-state index >= 15 is 0 Å². The summed E-state index contributed by atoms with van der Waals surface area (Å²) in [7, 11) is -4.06. The van der Waals surface area contributed by atoms with E-state index in [1.807, 2.05) is 58.0 Å². The van der Waals surface area contributed by atoms with Gasteiger partial charge in [0, 0.05) is 12.6 Å². The van der Waals surface area contributed by atoms with Gasteiger partial charge in [-0.3, -0.25) is 13.9 Å². The molecule has 7 nitrogen and oxygen atoms in total. The molecule has 0 spiro atoms. The van der Waals surface area contributed by atoms with Crippen LogP contribution in [0.3, 0.4) is 0 Å². The van der Waals surface area contributed by atoms with Crippen LogP contribution < -0.4 is 9.62 Å². The van der Waals surface area contributed by atoms with Gasteiger partial charge in [0.25, 0.3) is 10.0 Å². The van der Waals surface area contributed by atoms with Gasteiger partial charge in [-0.1, -0.05) is 61.5 Å². The summed E-state index contributed by atoms with van der Waals surface area (Å²) in [5.41, 5.74) is 3.11. The Kier molecular flexibility index (Phi) is 9.69. The fourth-order valence-corrected chi connectivity index (χ4v) is 5.48. The molecule has 8 heteroatoms. The topological polar surface area (TPSA) is 86.8 Å². The highest BCUT2D eigenvalue weighted by Crippen LogP contribution is 2.25. The van der Waals surface area contributed by atoms with Crippen molar-refractivity contribution in [2.45, 2.75) is 64.6 Å². The summed E-state index contributed by atoms with van der Waals surface area (Å²) in [4.78, 5) is 28.6. The summed E-state index contributed by atoms with van der Waals surface area (Å²) >= 11 is 0. The van der Waals surface area contributed by atoms with Crippen molar-refractivity contribution in [1.29, 1.82) is 0 Å². The Hall–Kier alpha value is -3.65. The molecular weight excluding hydrogens is 498 g/mol. The van der Waals surface area contributed by atoms with Crippen LogP contribution in [0, 0.1) is 13.8 Å². The van der Waals surface area contributed by atoms with Crippen molar-refractivity contribution in [2.75, 3.05) is 10.8 Å². The SMILES string of the molecule is CC[C@H](C)NC(=O)[C@H](C)N(Cc1ccccc1C)C(=O)CN(c1cccc(C)c1)S(=O)(=O)c1ccccc1. The fourth-order valence-electron chi connectivity index (χ4n) is 4.05. The number of anilines is 1. The molecule has 1 N–H and O–H groups in total. The number of amides is 2. The zero-order valence-corrected chi connectivity index (χ0v) is 23.5. The average Bonchev–Trinajstić information content (AvgIpc) is 2.91. The molecule has 0 unspecified atom stereocenters. The summed E-state index contributed by atoms with van der Waals surface area (Å²) in [5.74, 6) is -0.754. The van der Waals surface area contributed by atoms with E-state index in [2.05, 4.69) is 5.32 Å². The molecule has 2 amide bonds. The second kappa shape index (κ2) is 12.7. The summed E-state index contributed by atoms with van der Waals surface area (Å²) in [6, 6.07) is 21.9. The number of nitrogens with zero attached hydrogens (tertiary/aromatic N) is 2. The second-order valence-electron chi connectivity index (χ2n) is 9.61. The molecule has 3 rings (SSSR count). The number of hydrogen-bond donors (Lipinski definition) is 1. The minimum absolute atomic E-state index is 0.0531. The van der Waals surface area contributed by atoms with Crippen molar-refractivity contribution >= 4 is 27.5 Å². The van der Waals surface area contributed by atoms with Gasteiger partial charge in [-0.25, -0.2) is 8.42 Å². The van der Waals surface area contributed by atoms with E-state index in [0.29, 0.717) is 5.69 Å². The Labute approximate surface area is 226 Å². The normalized spacial score (nSPS) is 12.9. The van der Waals surface area contributed by atoms with E-state index in [9.17, 15) is 18.0 Å². The Bertz CT molecular complexity index is 1360. The number of sulfonamides is 1. The number of aryl methyl sites for hydroxylation is 2. The second-order valence-corrected chi connectivity index (χ2v) is 11.5. The van der Waals surface area contributed by atoms with E-state index in [-0.39, 0.29) is 23.4 Å². The third kappa shape index (κ3) is 7.01. The largest absolute Gasteiger partial charge is 0.352 e. The van der Waals surface area contributed by atoms with Gasteiger partial charge in [0.15, 0.2) is 0 Å². The van der Waals surface area contributed by atoms with Crippen molar-refractivity contribution in [2.24, 2.45) is 0 Å². The molecule has 0 saturated heterocycles. The molecule has 3 aromatic carbocycles. The lowest BCUT2D eigenvalue weighted by molar-refractivity contribution is -0.139. The highest BCUT2D eigenvalue weighted by atomic mass is 32.2. The summed E-state index contributed by atoms with van der Waals surface area (Å²) in [5, 5.41) is 2.95. The molecule has 0 aliphatic rings. The molecule has 0 aliphatic heterocycles. The van der Waals surface area contributed by atoms with Gasteiger partial charge in [-0.2, -0.15) is 0 Å². The maximum atomic E-state index is 13.9. The van der Waals surface area contributed by atoms with Crippen LogP contribution in [-0.2, 0) is 26.2 Å². The van der Waals surface area contributed by atoms with Crippen molar-refractivity contribution in [3.63, 3.8) is 0 Å². The molecule has 3 aromatic rings. The van der Waals surface area contributed by atoms with Crippen LogP contribution in [0.5, 0.6) is 0 Å². The maximum absolute atomic E-state index is 13.9. The molecule has 38 heavy (non-hydrogen) atoms. The molecule has 0 aromatic heterocycles. The molecule has 0 heterocycles. The molecule has 0 aliphatic carbocycles. The smallest absolute Gasteiger partial charge is 0.264 e. The van der Waals surface area contributed by atoms with Crippen LogP contribution in [0.2, 0.25) is 0 Å². The van der Waals surface area contributed by atoms with E-state index in [1.54, 1.807) is 43.3 Å². The summed E-state index contributed by atoms with van der Waals surface area (Å²) in [6.45, 7) is 9.09. The Morgan fingerprint density at radius 2 is 1.55 bits per heavy atom. The van der Waals surface area contributed by atoms with Gasteiger partial charge in [0.2, 0.25) is 11.8 Å². The molecule has 2 atom stereocenters. The number of hydrogen-bond acceptors (Lipinski definition) is 4. The first kappa shape index (κ1) is 28.9. The third-order valence-corrected chi connectivity index (χ3v) is 8.46. The van der Waals surface area contributed by atoms with Crippen molar-refractivity contribution in [3.05, 3.63) is 95.6 Å². The highest BCUT2D eigenvalue weighted by Gasteiger charge is 2.32. The standard InChI is InChI=1S/C30H37N3O4S/c1-6-24(4)31-30(35)25(5)32(20-26-15-11-10-14-23(26)3)29(34)21-33(27-16-12-13-22(2)19-27)38(36,37)28-17-8-7-9-18-28/h7-19,24-25H,6,20-21H2,1-5H3,(H,31,35)/t24-,25-/m0/s1. The lowest BCUT2D eigenvalue weighted by atomic mass is 10.1. The number of carbonyl (C=O) groups is 2. The monoisotopic (exact) mass is 535 g/mol. The number of benzene rings is 3. The number of nitrogens with one attached hydrogen (secondary N) is 1. The fraction of sp³-hybridized carbons (Fsp3) is 0.333. The van der Waals surface area contributed by atoms with E-state index in [4.69, 9.17) is 0 Å². The Morgan fingerprint density at radius 1 is 0.895 bits per heavy atom. The van der Waals surface area contributed by atoms with Crippen LogP contribution in [0.1, 0.15) is 43.9 Å². The molecule has 0 radical (unpaired) electrons. The molecule has 0 bridgehead atoms. The first-order valence-corrected chi connectivity index (χ1v) is 14.3. The van der Waals surface area contributed by atoms with Gasteiger partial charge in [0.1, 0.15) is 12.6 Å². The van der Waals surface area contributed by atoms with Gasteiger partial charge in [-0.15, -0.1) is 0 Å². The summed E-state index contributed by atoms with van der Waals surface area (Å²) in [6.07, 6.45) is 0.751. The molecular formula is C30H37N3O4S. The quantitative estimate of drug-likeness (QED) is 0.381. The van der Waals surface area contributed by atoms with Crippen LogP contribution in [0.15, 0.2) is 83.8 Å². The minimum Gasteiger partial charge on any atom is -0.352 e. The highest BCUT2D eigenvalue weighted by molar-refractivity contribution is 7.92. The minimum atomic E-state index is -4.06. The van der Waals surface area contributed by atoms with Gasteiger partial charge in [-0.05, 0) is 75.1 Å². The Morgan fingerprint density at radius 3 is 2.18 bits per heavy atom. The molecule has 0 fully saturated rings. The van der Waals surface area contributed by atoms with E-state index in [1.165, 1.54) is 17.0 Å². The van der Waals surface area contributed by atoms with Crippen LogP contribution in [0.4, 0.5) is 5.69 Å². The third-order valence-electron chi connectivity index (χ3n) is 6.67. The van der Waals surface area contributed by atoms with E-state index < -0.39 is 28.5 Å². The predicted molar refractivity (Wildman–Crippen MR) is 151 cm³/mol. The zero-order valence-electron chi connectivity index (χ0n) is 22.7. The maximum Gasteiger partial charge on any atom is 0.264 e. The van der Waals surface area contributed by atoms with Crippen molar-refractivity contribution in [3.8, 4) is 0 Å². The lowest BCUT2D eigenvalue weighted by Crippen LogP contribution is -2.52. The van der Waals surface area contributed by atoms with Gasteiger partial charge in [0.05, 0.1) is 10.6 Å². The summed E-state index contributed by atoms with van der Waals surface area (Å²) < 4.78 is 28.7. The Balaban J connectivity index is 2.03. The predicted octanol–water partition coefficient (Wildman–Crippen LogP) is 4.83. The zero-order chi connectivity index (χ0) is 27.9. The number of carbonyl (C=O) groups excluding carboxylic acids is 2. The van der Waals surface area contributed by atoms with Crippen molar-refractivity contribution in [1.82, 2.24) is 10.2 Å².